The Morgan fingerprint density at radius 3 is 2.56 bits per heavy atom. The van der Waals surface area contributed by atoms with Gasteiger partial charge in [-0.25, -0.2) is 9.67 Å². The average Bonchev–Trinajstić information content (AvgIpc) is 3.19. The normalized spacial score (nSPS) is 30.4. The first kappa shape index (κ1) is 16.5. The fourth-order valence-electron chi connectivity index (χ4n) is 4.56. The molecule has 0 bridgehead atoms. The van der Waals surface area contributed by atoms with Crippen LogP contribution in [0, 0.1) is 5.92 Å². The van der Waals surface area contributed by atoms with Gasteiger partial charge in [-0.1, -0.05) is 12.8 Å². The summed E-state index contributed by atoms with van der Waals surface area (Å²) < 4.78 is 1.78. The van der Waals surface area contributed by atoms with Crippen LogP contribution < -0.4 is 16.4 Å². The van der Waals surface area contributed by atoms with E-state index in [-0.39, 0.29) is 11.6 Å². The molecule has 134 valence electrons. The van der Waals surface area contributed by atoms with Crippen LogP contribution in [-0.4, -0.2) is 39.4 Å². The van der Waals surface area contributed by atoms with E-state index in [4.69, 9.17) is 11.5 Å². The summed E-state index contributed by atoms with van der Waals surface area (Å²) in [6.07, 6.45) is 10.2. The standard InChI is InChI=1S/C19H28N6/c20-18-5-1-2-10-19(18,21)15-4-3-11-24(12-15)16-6-8-17(9-7-16)25-14-22-13-23-25/h6-9,13-15,18H,1-5,10-12,20-21H2. The number of nitrogens with two attached hydrogens (primary N) is 2. The number of benzene rings is 1. The predicted octanol–water partition coefficient (Wildman–Crippen LogP) is 2.08. The van der Waals surface area contributed by atoms with Crippen LogP contribution in [-0.2, 0) is 0 Å². The zero-order chi connectivity index (χ0) is 17.3. The van der Waals surface area contributed by atoms with Crippen molar-refractivity contribution in [3.63, 3.8) is 0 Å². The third kappa shape index (κ3) is 3.16. The third-order valence-electron chi connectivity index (χ3n) is 6.14. The number of hydrogen-bond donors (Lipinski definition) is 2. The van der Waals surface area contributed by atoms with Gasteiger partial charge in [0.1, 0.15) is 12.7 Å². The van der Waals surface area contributed by atoms with Crippen molar-refractivity contribution in [2.45, 2.75) is 50.1 Å². The monoisotopic (exact) mass is 340 g/mol. The number of rotatable bonds is 3. The van der Waals surface area contributed by atoms with Crippen LogP contribution in [0.1, 0.15) is 38.5 Å². The molecule has 1 aromatic heterocycles. The van der Waals surface area contributed by atoms with Crippen LogP contribution in [0.3, 0.4) is 0 Å². The molecule has 25 heavy (non-hydrogen) atoms. The number of aromatic nitrogens is 3. The fourth-order valence-corrected chi connectivity index (χ4v) is 4.56. The number of hydrogen-bond acceptors (Lipinski definition) is 5. The fraction of sp³-hybridized carbons (Fsp3) is 0.579. The maximum atomic E-state index is 6.84. The lowest BCUT2D eigenvalue weighted by atomic mass is 9.68. The first-order valence-corrected chi connectivity index (χ1v) is 9.41. The Morgan fingerprint density at radius 1 is 1.04 bits per heavy atom. The van der Waals surface area contributed by atoms with Crippen molar-refractivity contribution in [2.24, 2.45) is 17.4 Å². The zero-order valence-electron chi connectivity index (χ0n) is 14.7. The number of piperidine rings is 1. The minimum absolute atomic E-state index is 0.140. The molecule has 2 fully saturated rings. The Bertz CT molecular complexity index is 682. The smallest absolute Gasteiger partial charge is 0.138 e. The second-order valence-corrected chi connectivity index (χ2v) is 7.61. The van der Waals surface area contributed by atoms with Crippen LogP contribution in [0.2, 0.25) is 0 Å². The van der Waals surface area contributed by atoms with Gasteiger partial charge in [0, 0.05) is 30.4 Å². The van der Waals surface area contributed by atoms with Crippen LogP contribution in [0.5, 0.6) is 0 Å². The molecular formula is C19H28N6. The third-order valence-corrected chi connectivity index (χ3v) is 6.14. The second kappa shape index (κ2) is 6.77. The molecule has 2 aliphatic rings. The van der Waals surface area contributed by atoms with Crippen molar-refractivity contribution < 1.29 is 0 Å². The highest BCUT2D eigenvalue weighted by molar-refractivity contribution is 5.51. The Kier molecular flexibility index (Phi) is 4.48. The molecule has 6 heteroatoms. The highest BCUT2D eigenvalue weighted by Gasteiger charge is 2.43. The van der Waals surface area contributed by atoms with Crippen LogP contribution in [0.15, 0.2) is 36.9 Å². The van der Waals surface area contributed by atoms with E-state index in [0.29, 0.717) is 5.92 Å². The summed E-state index contributed by atoms with van der Waals surface area (Å²) in [7, 11) is 0. The van der Waals surface area contributed by atoms with Crippen molar-refractivity contribution in [2.75, 3.05) is 18.0 Å². The molecule has 3 atom stereocenters. The van der Waals surface area contributed by atoms with Crippen molar-refractivity contribution in [1.29, 1.82) is 0 Å². The van der Waals surface area contributed by atoms with E-state index in [1.165, 1.54) is 31.4 Å². The molecule has 4 rings (SSSR count). The average molecular weight is 340 g/mol. The van der Waals surface area contributed by atoms with E-state index in [9.17, 15) is 0 Å². The molecule has 1 aromatic carbocycles. The Morgan fingerprint density at radius 2 is 1.84 bits per heavy atom. The summed E-state index contributed by atoms with van der Waals surface area (Å²) in [5.41, 5.74) is 15.4. The maximum absolute atomic E-state index is 6.84. The SMILES string of the molecule is NC1CCCCC1(N)C1CCCN(c2ccc(-n3cncn3)cc2)C1. The van der Waals surface area contributed by atoms with Gasteiger partial charge in [-0.05, 0) is 55.9 Å². The quantitative estimate of drug-likeness (QED) is 0.893. The lowest BCUT2D eigenvalue weighted by Crippen LogP contribution is -2.64. The molecule has 0 spiro atoms. The zero-order valence-corrected chi connectivity index (χ0v) is 14.7. The topological polar surface area (TPSA) is 86.0 Å². The van der Waals surface area contributed by atoms with E-state index in [2.05, 4.69) is 39.2 Å². The van der Waals surface area contributed by atoms with Gasteiger partial charge in [-0.15, -0.1) is 0 Å². The van der Waals surface area contributed by atoms with E-state index in [1.807, 2.05) is 0 Å². The van der Waals surface area contributed by atoms with E-state index < -0.39 is 0 Å². The van der Waals surface area contributed by atoms with Crippen LogP contribution in [0.25, 0.3) is 5.69 Å². The molecule has 4 N–H and O–H groups in total. The summed E-state index contributed by atoms with van der Waals surface area (Å²) >= 11 is 0. The minimum Gasteiger partial charge on any atom is -0.371 e. The lowest BCUT2D eigenvalue weighted by Gasteiger charge is -2.49. The summed E-state index contributed by atoms with van der Waals surface area (Å²) in [6, 6.07) is 8.67. The summed E-state index contributed by atoms with van der Waals surface area (Å²) in [4.78, 5) is 6.47. The molecule has 0 radical (unpaired) electrons. The number of anilines is 1. The molecule has 0 amide bonds. The molecule has 6 nitrogen and oxygen atoms in total. The lowest BCUT2D eigenvalue weighted by molar-refractivity contribution is 0.148. The largest absolute Gasteiger partial charge is 0.371 e. The van der Waals surface area contributed by atoms with Gasteiger partial charge < -0.3 is 16.4 Å². The van der Waals surface area contributed by atoms with Gasteiger partial charge >= 0.3 is 0 Å². The van der Waals surface area contributed by atoms with Gasteiger partial charge in [0.05, 0.1) is 5.69 Å². The number of nitrogens with zero attached hydrogens (tertiary/aromatic N) is 4. The molecule has 1 saturated heterocycles. The van der Waals surface area contributed by atoms with E-state index in [1.54, 1.807) is 17.3 Å². The van der Waals surface area contributed by atoms with Gasteiger partial charge in [-0.3, -0.25) is 0 Å². The van der Waals surface area contributed by atoms with Gasteiger partial charge in [0.2, 0.25) is 0 Å². The molecule has 1 aliphatic carbocycles. The minimum atomic E-state index is -0.197. The van der Waals surface area contributed by atoms with Gasteiger partial charge in [0.25, 0.3) is 0 Å². The first-order chi connectivity index (χ1) is 12.2. The molecule has 2 aromatic rings. The second-order valence-electron chi connectivity index (χ2n) is 7.61. The van der Waals surface area contributed by atoms with Gasteiger partial charge in [-0.2, -0.15) is 5.10 Å². The van der Waals surface area contributed by atoms with Gasteiger partial charge in [0.15, 0.2) is 0 Å². The van der Waals surface area contributed by atoms with E-state index in [0.717, 1.165) is 31.6 Å². The molecule has 2 heterocycles. The summed E-state index contributed by atoms with van der Waals surface area (Å²) in [5.74, 6) is 0.478. The highest BCUT2D eigenvalue weighted by Crippen LogP contribution is 2.37. The van der Waals surface area contributed by atoms with Crippen molar-refractivity contribution in [3.8, 4) is 5.69 Å². The Hall–Kier alpha value is -1.92. The van der Waals surface area contributed by atoms with Crippen LogP contribution >= 0.6 is 0 Å². The highest BCUT2D eigenvalue weighted by atomic mass is 15.3. The molecule has 1 saturated carbocycles. The van der Waals surface area contributed by atoms with Crippen LogP contribution in [0.4, 0.5) is 5.69 Å². The van der Waals surface area contributed by atoms with E-state index >= 15 is 0 Å². The Labute approximate surface area is 149 Å². The van der Waals surface area contributed by atoms with Crippen molar-refractivity contribution in [3.05, 3.63) is 36.9 Å². The molecular weight excluding hydrogens is 312 g/mol. The predicted molar refractivity (Wildman–Crippen MR) is 99.7 cm³/mol. The molecule has 1 aliphatic heterocycles. The first-order valence-electron chi connectivity index (χ1n) is 9.41. The summed E-state index contributed by atoms with van der Waals surface area (Å²) in [6.45, 7) is 2.09. The summed E-state index contributed by atoms with van der Waals surface area (Å²) in [5, 5.41) is 4.18. The van der Waals surface area contributed by atoms with Crippen molar-refractivity contribution in [1.82, 2.24) is 14.8 Å². The molecule has 3 unspecified atom stereocenters. The van der Waals surface area contributed by atoms with Crippen molar-refractivity contribution >= 4 is 5.69 Å². The Balaban J connectivity index is 1.49. The maximum Gasteiger partial charge on any atom is 0.138 e.